The second-order valence-electron chi connectivity index (χ2n) is 7.26. The predicted octanol–water partition coefficient (Wildman–Crippen LogP) is 2.55. The number of unbranched alkanes of at least 4 members (excludes halogenated alkanes) is 1. The first-order chi connectivity index (χ1) is 11.7. The lowest BCUT2D eigenvalue weighted by Crippen LogP contribution is -2.57. The van der Waals surface area contributed by atoms with Gasteiger partial charge in [0.2, 0.25) is 5.91 Å². The maximum absolute atomic E-state index is 11.2. The molecule has 1 aromatic carbocycles. The summed E-state index contributed by atoms with van der Waals surface area (Å²) in [4.78, 5) is 13.8. The van der Waals surface area contributed by atoms with Crippen molar-refractivity contribution in [3.05, 3.63) is 35.4 Å². The summed E-state index contributed by atoms with van der Waals surface area (Å²) in [5.74, 6) is 0.0189. The lowest BCUT2D eigenvalue weighted by Gasteiger charge is -2.43. The summed E-state index contributed by atoms with van der Waals surface area (Å²) in [6, 6.07) is 9.15. The largest absolute Gasteiger partial charge is 0.363 e. The molecule has 132 valence electrons. The third-order valence-corrected chi connectivity index (χ3v) is 5.44. The Kier molecular flexibility index (Phi) is 5.90. The van der Waals surface area contributed by atoms with E-state index in [1.165, 1.54) is 30.4 Å². The number of ether oxygens (including phenoxy) is 1. The molecule has 2 saturated heterocycles. The van der Waals surface area contributed by atoms with Gasteiger partial charge < -0.3 is 15.0 Å². The van der Waals surface area contributed by atoms with Crippen LogP contribution in [0.15, 0.2) is 24.3 Å². The van der Waals surface area contributed by atoms with Crippen molar-refractivity contribution >= 4 is 5.91 Å². The van der Waals surface area contributed by atoms with Gasteiger partial charge in [0.25, 0.3) is 0 Å². The number of rotatable bonds is 6. The molecule has 4 heteroatoms. The van der Waals surface area contributed by atoms with Gasteiger partial charge >= 0.3 is 0 Å². The number of benzene rings is 1. The van der Waals surface area contributed by atoms with Crippen molar-refractivity contribution in [2.45, 2.75) is 51.0 Å². The van der Waals surface area contributed by atoms with Gasteiger partial charge in [0.1, 0.15) is 6.61 Å². The number of piperidine rings is 1. The second kappa shape index (κ2) is 8.13. The molecule has 0 atom stereocenters. The number of carbonyl (C=O) groups is 1. The summed E-state index contributed by atoms with van der Waals surface area (Å²) in [6.07, 6.45) is 6.87. The molecule has 0 aromatic heterocycles. The zero-order valence-electron chi connectivity index (χ0n) is 14.9. The monoisotopic (exact) mass is 330 g/mol. The van der Waals surface area contributed by atoms with Crippen LogP contribution in [-0.4, -0.2) is 49.2 Å². The van der Waals surface area contributed by atoms with Gasteiger partial charge in [-0.15, -0.1) is 0 Å². The van der Waals surface area contributed by atoms with E-state index >= 15 is 0 Å². The zero-order chi connectivity index (χ0) is 16.8. The highest BCUT2D eigenvalue weighted by atomic mass is 16.5. The fraction of sp³-hybridized carbons (Fsp3) is 0.650. The van der Waals surface area contributed by atoms with Crippen LogP contribution >= 0.6 is 0 Å². The fourth-order valence-corrected chi connectivity index (χ4v) is 3.63. The van der Waals surface area contributed by atoms with E-state index in [0.717, 1.165) is 38.9 Å². The minimum Gasteiger partial charge on any atom is -0.363 e. The number of morpholine rings is 1. The van der Waals surface area contributed by atoms with E-state index in [1.807, 2.05) is 0 Å². The summed E-state index contributed by atoms with van der Waals surface area (Å²) >= 11 is 0. The van der Waals surface area contributed by atoms with Gasteiger partial charge in [0.15, 0.2) is 0 Å². The van der Waals surface area contributed by atoms with E-state index < -0.39 is 0 Å². The van der Waals surface area contributed by atoms with Crippen LogP contribution in [-0.2, 0) is 22.4 Å². The van der Waals surface area contributed by atoms with Gasteiger partial charge in [-0.25, -0.2) is 0 Å². The van der Waals surface area contributed by atoms with Crippen LogP contribution in [0, 0.1) is 0 Å². The van der Waals surface area contributed by atoms with Crippen molar-refractivity contribution in [1.29, 1.82) is 0 Å². The molecular formula is C20H30N2O2. The number of carbonyl (C=O) groups excluding carboxylic acids is 1. The molecular weight excluding hydrogens is 300 g/mol. The number of likely N-dealkylation sites (tertiary alicyclic amines) is 1. The molecule has 0 bridgehead atoms. The number of amides is 1. The van der Waals surface area contributed by atoms with Crippen molar-refractivity contribution in [3.63, 3.8) is 0 Å². The molecule has 2 fully saturated rings. The highest BCUT2D eigenvalue weighted by molar-refractivity contribution is 5.78. The van der Waals surface area contributed by atoms with Gasteiger partial charge in [-0.2, -0.15) is 0 Å². The van der Waals surface area contributed by atoms with Crippen LogP contribution in [0.4, 0.5) is 0 Å². The number of nitrogens with zero attached hydrogens (tertiary/aromatic N) is 1. The Hall–Kier alpha value is -1.39. The average Bonchev–Trinajstić information content (AvgIpc) is 2.63. The molecule has 2 aliphatic rings. The van der Waals surface area contributed by atoms with Crippen LogP contribution in [0.1, 0.15) is 43.7 Å². The molecule has 1 spiro atoms. The predicted molar refractivity (Wildman–Crippen MR) is 96.1 cm³/mol. The van der Waals surface area contributed by atoms with E-state index in [1.54, 1.807) is 0 Å². The highest BCUT2D eigenvalue weighted by Gasteiger charge is 2.38. The summed E-state index contributed by atoms with van der Waals surface area (Å²) in [6.45, 7) is 6.37. The Morgan fingerprint density at radius 3 is 2.38 bits per heavy atom. The Morgan fingerprint density at radius 2 is 1.79 bits per heavy atom. The summed E-state index contributed by atoms with van der Waals surface area (Å²) in [7, 11) is 0. The number of hydrogen-bond acceptors (Lipinski definition) is 3. The minimum absolute atomic E-state index is 0.0189. The Morgan fingerprint density at radius 1 is 1.12 bits per heavy atom. The van der Waals surface area contributed by atoms with E-state index in [-0.39, 0.29) is 18.1 Å². The van der Waals surface area contributed by atoms with E-state index in [0.29, 0.717) is 6.54 Å². The van der Waals surface area contributed by atoms with Crippen LogP contribution in [0.25, 0.3) is 0 Å². The lowest BCUT2D eigenvalue weighted by molar-refractivity contribution is -0.150. The van der Waals surface area contributed by atoms with Gasteiger partial charge in [-0.3, -0.25) is 4.79 Å². The van der Waals surface area contributed by atoms with Crippen molar-refractivity contribution in [3.8, 4) is 0 Å². The second-order valence-corrected chi connectivity index (χ2v) is 7.26. The molecule has 1 amide bonds. The first kappa shape index (κ1) is 17.4. The lowest BCUT2D eigenvalue weighted by atomic mass is 9.90. The molecule has 1 N–H and O–H groups in total. The van der Waals surface area contributed by atoms with Crippen LogP contribution in [0.3, 0.4) is 0 Å². The smallest absolute Gasteiger partial charge is 0.246 e. The highest BCUT2D eigenvalue weighted by Crippen LogP contribution is 2.27. The SMILES string of the molecule is CCCCc1ccc(CCN2CCC3(CC2)CNC(=O)CO3)cc1. The number of hydrogen-bond donors (Lipinski definition) is 1. The molecule has 1 aromatic rings. The summed E-state index contributed by atoms with van der Waals surface area (Å²) < 4.78 is 5.84. The van der Waals surface area contributed by atoms with Crippen molar-refractivity contribution in [2.24, 2.45) is 0 Å². The molecule has 2 heterocycles. The van der Waals surface area contributed by atoms with Crippen molar-refractivity contribution < 1.29 is 9.53 Å². The number of aryl methyl sites for hydroxylation is 1. The molecule has 0 unspecified atom stereocenters. The summed E-state index contributed by atoms with van der Waals surface area (Å²) in [5.41, 5.74) is 2.78. The fourth-order valence-electron chi connectivity index (χ4n) is 3.63. The van der Waals surface area contributed by atoms with E-state index in [9.17, 15) is 4.79 Å². The molecule has 3 rings (SSSR count). The Labute approximate surface area is 145 Å². The number of nitrogens with one attached hydrogen (secondary N) is 1. The standard InChI is InChI=1S/C20H30N2O2/c1-2-3-4-17-5-7-18(8-6-17)9-12-22-13-10-20(11-14-22)16-21-19(23)15-24-20/h5-8H,2-4,9-16H2,1H3,(H,21,23). The molecule has 0 aliphatic carbocycles. The molecule has 0 saturated carbocycles. The Balaban J connectivity index is 1.41. The third kappa shape index (κ3) is 4.58. The quantitative estimate of drug-likeness (QED) is 0.871. The van der Waals surface area contributed by atoms with Gasteiger partial charge in [-0.05, 0) is 43.2 Å². The molecule has 0 radical (unpaired) electrons. The normalized spacial score (nSPS) is 21.0. The first-order valence-corrected chi connectivity index (χ1v) is 9.40. The zero-order valence-corrected chi connectivity index (χ0v) is 14.9. The van der Waals surface area contributed by atoms with Gasteiger partial charge in [0.05, 0.1) is 5.60 Å². The third-order valence-electron chi connectivity index (χ3n) is 5.44. The van der Waals surface area contributed by atoms with Crippen molar-refractivity contribution in [1.82, 2.24) is 10.2 Å². The molecule has 2 aliphatic heterocycles. The van der Waals surface area contributed by atoms with Crippen LogP contribution < -0.4 is 5.32 Å². The Bertz CT molecular complexity index is 521. The first-order valence-electron chi connectivity index (χ1n) is 9.40. The van der Waals surface area contributed by atoms with Crippen molar-refractivity contribution in [2.75, 3.05) is 32.8 Å². The maximum Gasteiger partial charge on any atom is 0.246 e. The van der Waals surface area contributed by atoms with Gasteiger partial charge in [0, 0.05) is 26.2 Å². The van der Waals surface area contributed by atoms with Crippen LogP contribution in [0.2, 0.25) is 0 Å². The maximum atomic E-state index is 11.2. The minimum atomic E-state index is -0.106. The van der Waals surface area contributed by atoms with Gasteiger partial charge in [-0.1, -0.05) is 37.6 Å². The molecule has 4 nitrogen and oxygen atoms in total. The van der Waals surface area contributed by atoms with Crippen LogP contribution in [0.5, 0.6) is 0 Å². The van der Waals surface area contributed by atoms with E-state index in [4.69, 9.17) is 4.74 Å². The van der Waals surface area contributed by atoms with E-state index in [2.05, 4.69) is 41.4 Å². The summed E-state index contributed by atoms with van der Waals surface area (Å²) in [5, 5.41) is 2.95. The average molecular weight is 330 g/mol. The molecule has 24 heavy (non-hydrogen) atoms. The topological polar surface area (TPSA) is 41.6 Å².